The summed E-state index contributed by atoms with van der Waals surface area (Å²) >= 11 is 0. The number of hydrogen-bond acceptors (Lipinski definition) is 2. The van der Waals surface area contributed by atoms with E-state index in [1.54, 1.807) is 0 Å². The lowest BCUT2D eigenvalue weighted by molar-refractivity contribution is -0.382. The van der Waals surface area contributed by atoms with Crippen molar-refractivity contribution in [1.29, 1.82) is 0 Å². The summed E-state index contributed by atoms with van der Waals surface area (Å²) in [6.07, 6.45) is 0. The highest BCUT2D eigenvalue weighted by molar-refractivity contribution is 5.23. The molecule has 0 heterocycles. The Morgan fingerprint density at radius 2 is 0.938 bits per heavy atom. The molecule has 1 rings (SSSR count). The van der Waals surface area contributed by atoms with Gasteiger partial charge in [-0.3, -0.25) is 0 Å². The summed E-state index contributed by atoms with van der Waals surface area (Å²) in [5.74, 6) is -30.4. The minimum Gasteiger partial charge on any atom is -0.356 e. The number of rotatable bonds is 1. The first-order valence-corrected chi connectivity index (χ1v) is 3.60. The highest BCUT2D eigenvalue weighted by atomic mass is 19.4. The molecule has 0 aromatic carbocycles. The molecule has 0 aliphatic heterocycles. The van der Waals surface area contributed by atoms with Crippen LogP contribution in [0.4, 0.5) is 35.1 Å². The molecule has 1 aliphatic carbocycles. The van der Waals surface area contributed by atoms with Crippen LogP contribution in [0.15, 0.2) is 0 Å². The summed E-state index contributed by atoms with van der Waals surface area (Å²) in [5.41, 5.74) is 0. The van der Waals surface area contributed by atoms with Crippen LogP contribution in [0.5, 0.6) is 0 Å². The van der Waals surface area contributed by atoms with Gasteiger partial charge in [-0.05, 0) is 0 Å². The van der Waals surface area contributed by atoms with Crippen LogP contribution in [0.2, 0.25) is 0 Å². The third kappa shape index (κ3) is 0.910. The van der Waals surface area contributed by atoms with Crippen molar-refractivity contribution in [3.05, 3.63) is 0 Å². The zero-order chi connectivity index (χ0) is 13.2. The lowest BCUT2D eigenvalue weighted by Gasteiger charge is -2.31. The second-order valence-corrected chi connectivity index (χ2v) is 3.15. The molecular weight excluding hydrogens is 256 g/mol. The topological polar surface area (TPSA) is 29.5 Å². The van der Waals surface area contributed by atoms with Crippen LogP contribution >= 0.6 is 0 Å². The molecule has 1 aliphatic rings. The van der Waals surface area contributed by atoms with Gasteiger partial charge in [0.25, 0.3) is 0 Å². The van der Waals surface area contributed by atoms with E-state index in [-0.39, 0.29) is 7.11 Å². The van der Waals surface area contributed by atoms with Crippen LogP contribution in [-0.4, -0.2) is 41.7 Å². The van der Waals surface area contributed by atoms with E-state index in [9.17, 15) is 35.1 Å². The highest BCUT2D eigenvalue weighted by Gasteiger charge is 3.00. The van der Waals surface area contributed by atoms with E-state index >= 15 is 0 Å². The van der Waals surface area contributed by atoms with Gasteiger partial charge < -0.3 is 9.84 Å². The van der Waals surface area contributed by atoms with Crippen molar-refractivity contribution >= 4 is 0 Å². The number of hydrogen-bond donors (Lipinski definition) is 1. The Morgan fingerprint density at radius 1 is 0.688 bits per heavy atom. The first-order chi connectivity index (χ1) is 6.81. The van der Waals surface area contributed by atoms with Crippen LogP contribution in [0, 0.1) is 0 Å². The predicted molar refractivity (Wildman–Crippen MR) is 31.7 cm³/mol. The van der Waals surface area contributed by atoms with Gasteiger partial charge in [0.05, 0.1) is 0 Å². The monoisotopic (exact) mass is 260 g/mol. The second kappa shape index (κ2) is 2.78. The van der Waals surface area contributed by atoms with Crippen LogP contribution in [-0.2, 0) is 4.74 Å². The maximum atomic E-state index is 12.7. The molecule has 0 radical (unpaired) electrons. The molecule has 10 heteroatoms. The average molecular weight is 260 g/mol. The fraction of sp³-hybridized carbons (Fsp3) is 1.00. The maximum absolute atomic E-state index is 12.7. The summed E-state index contributed by atoms with van der Waals surface area (Å²) < 4.78 is 104. The first kappa shape index (κ1) is 13.4. The Kier molecular flexibility index (Phi) is 2.33. The van der Waals surface area contributed by atoms with E-state index in [4.69, 9.17) is 5.11 Å². The molecule has 0 atom stereocenters. The Balaban J connectivity index is 3.58. The molecule has 0 amide bonds. The van der Waals surface area contributed by atoms with E-state index in [1.807, 2.05) is 0 Å². The number of methoxy groups -OCH3 is 1. The van der Waals surface area contributed by atoms with E-state index in [2.05, 4.69) is 4.74 Å². The van der Waals surface area contributed by atoms with Crippen LogP contribution in [0.3, 0.4) is 0 Å². The summed E-state index contributed by atoms with van der Waals surface area (Å²) in [6.45, 7) is 0. The number of alkyl halides is 8. The van der Waals surface area contributed by atoms with Crippen LogP contribution < -0.4 is 0 Å². The van der Waals surface area contributed by atoms with Crippen molar-refractivity contribution in [3.63, 3.8) is 0 Å². The number of aliphatic hydroxyl groups is 1. The Labute approximate surface area is 82.8 Å². The summed E-state index contributed by atoms with van der Waals surface area (Å²) in [6, 6.07) is 0. The third-order valence-corrected chi connectivity index (χ3v) is 2.33. The van der Waals surface area contributed by atoms with Gasteiger partial charge in [-0.2, -0.15) is 35.1 Å². The van der Waals surface area contributed by atoms with Crippen molar-refractivity contribution < 1.29 is 45.0 Å². The van der Waals surface area contributed by atoms with Crippen molar-refractivity contribution in [3.8, 4) is 0 Å². The third-order valence-electron chi connectivity index (χ3n) is 2.33. The molecular formula is C6H4F8O2. The summed E-state index contributed by atoms with van der Waals surface area (Å²) in [7, 11) is -0.0146. The average Bonchev–Trinajstić information content (AvgIpc) is 2.18. The lowest BCUT2D eigenvalue weighted by atomic mass is 10.1. The molecule has 0 bridgehead atoms. The number of ether oxygens (including phenoxy) is 1. The fourth-order valence-electron chi connectivity index (χ4n) is 1.27. The molecule has 96 valence electrons. The zero-order valence-electron chi connectivity index (χ0n) is 7.38. The molecule has 1 N–H and O–H groups in total. The van der Waals surface area contributed by atoms with Gasteiger partial charge in [0.2, 0.25) is 0 Å². The van der Waals surface area contributed by atoms with Crippen LogP contribution in [0.1, 0.15) is 0 Å². The first-order valence-electron chi connectivity index (χ1n) is 3.60. The maximum Gasteiger partial charge on any atom is 0.384 e. The van der Waals surface area contributed by atoms with E-state index in [1.165, 1.54) is 0 Å². The van der Waals surface area contributed by atoms with Gasteiger partial charge in [0, 0.05) is 7.11 Å². The van der Waals surface area contributed by atoms with E-state index in [0.717, 1.165) is 0 Å². The smallest absolute Gasteiger partial charge is 0.356 e. The SMILES string of the molecule is COC1(O)C(F)(F)C(F)(F)C(F)(F)C1(F)F. The lowest BCUT2D eigenvalue weighted by Crippen LogP contribution is -2.59. The molecule has 0 aromatic heterocycles. The molecule has 0 unspecified atom stereocenters. The van der Waals surface area contributed by atoms with Gasteiger partial charge in [-0.1, -0.05) is 0 Å². The zero-order valence-corrected chi connectivity index (χ0v) is 7.38. The quantitative estimate of drug-likeness (QED) is 0.576. The molecule has 1 saturated carbocycles. The standard InChI is InChI=1S/C6H4F8O2/c1-16-6(15)4(11,12)2(7,8)3(9,10)5(6,13)14/h15H,1H3. The van der Waals surface area contributed by atoms with Crippen molar-refractivity contribution in [2.45, 2.75) is 29.5 Å². The molecule has 0 spiro atoms. The normalized spacial score (nSPS) is 32.6. The van der Waals surface area contributed by atoms with Gasteiger partial charge in [-0.25, -0.2) is 0 Å². The van der Waals surface area contributed by atoms with Crippen molar-refractivity contribution in [2.75, 3.05) is 7.11 Å². The molecule has 1 fully saturated rings. The van der Waals surface area contributed by atoms with Gasteiger partial charge in [0.15, 0.2) is 0 Å². The van der Waals surface area contributed by atoms with E-state index in [0.29, 0.717) is 0 Å². The highest BCUT2D eigenvalue weighted by Crippen LogP contribution is 2.67. The molecule has 0 saturated heterocycles. The Hall–Kier alpha value is -0.640. The minimum absolute atomic E-state index is 0.0146. The predicted octanol–water partition coefficient (Wildman–Crippen LogP) is 1.88. The second-order valence-electron chi connectivity index (χ2n) is 3.15. The van der Waals surface area contributed by atoms with Crippen LogP contribution in [0.25, 0.3) is 0 Å². The van der Waals surface area contributed by atoms with Gasteiger partial charge in [0.1, 0.15) is 0 Å². The van der Waals surface area contributed by atoms with Crippen molar-refractivity contribution in [2.24, 2.45) is 0 Å². The van der Waals surface area contributed by atoms with Gasteiger partial charge >= 0.3 is 29.5 Å². The fourth-order valence-corrected chi connectivity index (χ4v) is 1.27. The van der Waals surface area contributed by atoms with E-state index < -0.39 is 29.5 Å². The van der Waals surface area contributed by atoms with Crippen molar-refractivity contribution in [1.82, 2.24) is 0 Å². The molecule has 16 heavy (non-hydrogen) atoms. The summed E-state index contributed by atoms with van der Waals surface area (Å²) in [4.78, 5) is 0. The van der Waals surface area contributed by atoms with Gasteiger partial charge in [-0.15, -0.1) is 0 Å². The molecule has 2 nitrogen and oxygen atoms in total. The number of halogens is 8. The Morgan fingerprint density at radius 3 is 1.06 bits per heavy atom. The Bertz CT molecular complexity index is 286. The molecule has 0 aromatic rings. The summed E-state index contributed by atoms with van der Waals surface area (Å²) in [5, 5.41) is 8.54. The largest absolute Gasteiger partial charge is 0.384 e. The minimum atomic E-state index is -6.44.